The van der Waals surface area contributed by atoms with E-state index in [1.807, 2.05) is 43.3 Å². The summed E-state index contributed by atoms with van der Waals surface area (Å²) in [6.07, 6.45) is 0. The second-order valence-electron chi connectivity index (χ2n) is 6.55. The van der Waals surface area contributed by atoms with Gasteiger partial charge < -0.3 is 10.6 Å². The monoisotopic (exact) mass is 380 g/mol. The second-order valence-corrected chi connectivity index (χ2v) is 6.98. The van der Waals surface area contributed by atoms with Crippen molar-refractivity contribution in [1.29, 1.82) is 0 Å². The Morgan fingerprint density at radius 3 is 2.44 bits per heavy atom. The molecule has 2 aromatic carbocycles. The van der Waals surface area contributed by atoms with E-state index in [0.717, 1.165) is 16.9 Å². The van der Waals surface area contributed by atoms with Gasteiger partial charge in [0.2, 0.25) is 5.95 Å². The maximum atomic E-state index is 12.7. The smallest absolute Gasteiger partial charge is 0.274 e. The van der Waals surface area contributed by atoms with Gasteiger partial charge in [0, 0.05) is 22.1 Å². The minimum absolute atomic E-state index is 0.271. The fourth-order valence-corrected chi connectivity index (χ4v) is 2.83. The van der Waals surface area contributed by atoms with Crippen molar-refractivity contribution >= 4 is 34.8 Å². The van der Waals surface area contributed by atoms with Crippen LogP contribution in [0.4, 0.5) is 17.3 Å². The molecule has 3 rings (SSSR count). The zero-order chi connectivity index (χ0) is 19.4. The zero-order valence-corrected chi connectivity index (χ0v) is 16.2. The molecule has 0 radical (unpaired) electrons. The van der Waals surface area contributed by atoms with Gasteiger partial charge >= 0.3 is 0 Å². The van der Waals surface area contributed by atoms with E-state index in [1.165, 1.54) is 0 Å². The molecule has 1 heterocycles. The van der Waals surface area contributed by atoms with E-state index in [0.29, 0.717) is 28.3 Å². The number of hydrogen-bond acceptors (Lipinski definition) is 4. The third-order valence-electron chi connectivity index (χ3n) is 4.02. The van der Waals surface area contributed by atoms with Gasteiger partial charge in [0.1, 0.15) is 5.69 Å². The summed E-state index contributed by atoms with van der Waals surface area (Å²) in [4.78, 5) is 21.5. The summed E-state index contributed by atoms with van der Waals surface area (Å²) in [6.45, 7) is 6.01. The molecule has 27 heavy (non-hydrogen) atoms. The number of benzene rings is 2. The lowest BCUT2D eigenvalue weighted by Crippen LogP contribution is -2.16. The van der Waals surface area contributed by atoms with Crippen molar-refractivity contribution in [3.8, 4) is 0 Å². The molecule has 0 unspecified atom stereocenters. The van der Waals surface area contributed by atoms with Crippen LogP contribution >= 0.6 is 11.6 Å². The Balaban J connectivity index is 1.83. The van der Waals surface area contributed by atoms with Crippen LogP contribution < -0.4 is 10.6 Å². The van der Waals surface area contributed by atoms with Gasteiger partial charge in [-0.25, -0.2) is 9.97 Å². The highest BCUT2D eigenvalue weighted by Crippen LogP contribution is 2.24. The van der Waals surface area contributed by atoms with Crippen molar-refractivity contribution in [1.82, 2.24) is 9.97 Å². The average molecular weight is 381 g/mol. The summed E-state index contributed by atoms with van der Waals surface area (Å²) in [6, 6.07) is 16.6. The van der Waals surface area contributed by atoms with Gasteiger partial charge in [-0.3, -0.25) is 4.79 Å². The van der Waals surface area contributed by atoms with Gasteiger partial charge in [0.25, 0.3) is 5.91 Å². The number of nitrogens with zero attached hydrogens (tertiary/aromatic N) is 2. The number of para-hydroxylation sites is 1. The van der Waals surface area contributed by atoms with Crippen LogP contribution in [0.3, 0.4) is 0 Å². The van der Waals surface area contributed by atoms with Gasteiger partial charge in [-0.05, 0) is 54.8 Å². The summed E-state index contributed by atoms with van der Waals surface area (Å²) in [5.41, 5.74) is 3.67. The predicted molar refractivity (Wildman–Crippen MR) is 110 cm³/mol. The molecule has 1 aromatic heterocycles. The highest BCUT2D eigenvalue weighted by atomic mass is 35.5. The maximum absolute atomic E-state index is 12.7. The quantitative estimate of drug-likeness (QED) is 0.608. The maximum Gasteiger partial charge on any atom is 0.274 e. The molecule has 5 nitrogen and oxygen atoms in total. The number of aryl methyl sites for hydroxylation is 1. The largest absolute Gasteiger partial charge is 0.324 e. The van der Waals surface area contributed by atoms with Crippen molar-refractivity contribution in [2.24, 2.45) is 0 Å². The molecule has 0 aliphatic rings. The van der Waals surface area contributed by atoms with Crippen LogP contribution in [0.1, 0.15) is 41.5 Å². The summed E-state index contributed by atoms with van der Waals surface area (Å²) in [7, 11) is 0. The Bertz CT molecular complexity index is 955. The standard InChI is InChI=1S/C21H21ClN4O/c1-13(2)17-6-4-5-7-18(17)25-20(27)19-12-14(3)23-21(26-19)24-16-10-8-15(22)9-11-16/h4-13H,1-3H3,(H,25,27)(H,23,24,26). The summed E-state index contributed by atoms with van der Waals surface area (Å²) < 4.78 is 0. The van der Waals surface area contributed by atoms with Gasteiger partial charge in [-0.1, -0.05) is 43.6 Å². The molecule has 3 aromatic rings. The molecule has 0 aliphatic carbocycles. The Hall–Kier alpha value is -2.92. The number of hydrogen-bond donors (Lipinski definition) is 2. The van der Waals surface area contributed by atoms with E-state index in [9.17, 15) is 4.79 Å². The molecule has 0 atom stereocenters. The number of carbonyl (C=O) groups is 1. The third kappa shape index (κ3) is 4.83. The van der Waals surface area contributed by atoms with Crippen LogP contribution in [0.15, 0.2) is 54.6 Å². The first-order valence-corrected chi connectivity index (χ1v) is 9.08. The lowest BCUT2D eigenvalue weighted by atomic mass is 10.0. The topological polar surface area (TPSA) is 66.9 Å². The lowest BCUT2D eigenvalue weighted by molar-refractivity contribution is 0.102. The molecule has 0 spiro atoms. The minimum atomic E-state index is -0.271. The molecule has 138 valence electrons. The molecule has 0 aliphatic heterocycles. The number of anilines is 3. The molecule has 2 N–H and O–H groups in total. The van der Waals surface area contributed by atoms with Crippen LogP contribution in [0, 0.1) is 6.92 Å². The summed E-state index contributed by atoms with van der Waals surface area (Å²) in [5.74, 6) is 0.392. The van der Waals surface area contributed by atoms with Crippen molar-refractivity contribution in [3.05, 3.63) is 76.6 Å². The molecular weight excluding hydrogens is 360 g/mol. The van der Waals surface area contributed by atoms with Gasteiger partial charge in [0.05, 0.1) is 0 Å². The molecule has 6 heteroatoms. The molecule has 0 fully saturated rings. The Morgan fingerprint density at radius 2 is 1.74 bits per heavy atom. The minimum Gasteiger partial charge on any atom is -0.324 e. The fraction of sp³-hybridized carbons (Fsp3) is 0.190. The van der Waals surface area contributed by atoms with Gasteiger partial charge in [-0.2, -0.15) is 0 Å². The van der Waals surface area contributed by atoms with E-state index in [2.05, 4.69) is 34.4 Å². The van der Waals surface area contributed by atoms with Crippen LogP contribution in [0.5, 0.6) is 0 Å². The molecule has 0 saturated carbocycles. The number of amides is 1. The van der Waals surface area contributed by atoms with Crippen LogP contribution in [-0.2, 0) is 0 Å². The Kier molecular flexibility index (Phi) is 5.72. The second kappa shape index (κ2) is 8.18. The number of rotatable bonds is 5. The van der Waals surface area contributed by atoms with Crippen molar-refractivity contribution in [3.63, 3.8) is 0 Å². The van der Waals surface area contributed by atoms with E-state index < -0.39 is 0 Å². The lowest BCUT2D eigenvalue weighted by Gasteiger charge is -2.14. The SMILES string of the molecule is Cc1cc(C(=O)Nc2ccccc2C(C)C)nc(Nc2ccc(Cl)cc2)n1. The molecule has 0 bridgehead atoms. The first kappa shape index (κ1) is 18.9. The zero-order valence-electron chi connectivity index (χ0n) is 15.5. The summed E-state index contributed by atoms with van der Waals surface area (Å²) >= 11 is 5.91. The Morgan fingerprint density at radius 1 is 1.04 bits per heavy atom. The van der Waals surface area contributed by atoms with Crippen LogP contribution in [0.25, 0.3) is 0 Å². The highest BCUT2D eigenvalue weighted by Gasteiger charge is 2.14. The first-order chi connectivity index (χ1) is 12.9. The highest BCUT2D eigenvalue weighted by molar-refractivity contribution is 6.30. The number of aromatic nitrogens is 2. The van der Waals surface area contributed by atoms with E-state index in [1.54, 1.807) is 18.2 Å². The normalized spacial score (nSPS) is 10.7. The van der Waals surface area contributed by atoms with Crippen molar-refractivity contribution in [2.45, 2.75) is 26.7 Å². The Labute approximate surface area is 163 Å². The molecule has 1 amide bonds. The van der Waals surface area contributed by atoms with Crippen LogP contribution in [-0.4, -0.2) is 15.9 Å². The van der Waals surface area contributed by atoms with Crippen LogP contribution in [0.2, 0.25) is 5.02 Å². The number of nitrogens with one attached hydrogen (secondary N) is 2. The average Bonchev–Trinajstić information content (AvgIpc) is 2.63. The van der Waals surface area contributed by atoms with Gasteiger partial charge in [-0.15, -0.1) is 0 Å². The number of carbonyl (C=O) groups excluding carboxylic acids is 1. The fourth-order valence-electron chi connectivity index (χ4n) is 2.70. The first-order valence-electron chi connectivity index (χ1n) is 8.71. The van der Waals surface area contributed by atoms with E-state index in [-0.39, 0.29) is 5.91 Å². The molecule has 0 saturated heterocycles. The van der Waals surface area contributed by atoms with Crippen molar-refractivity contribution < 1.29 is 4.79 Å². The van der Waals surface area contributed by atoms with Crippen molar-refractivity contribution in [2.75, 3.05) is 10.6 Å². The molecular formula is C21H21ClN4O. The number of halogens is 1. The van der Waals surface area contributed by atoms with E-state index in [4.69, 9.17) is 11.6 Å². The predicted octanol–water partition coefficient (Wildman–Crippen LogP) is 5.56. The van der Waals surface area contributed by atoms with E-state index >= 15 is 0 Å². The summed E-state index contributed by atoms with van der Waals surface area (Å²) in [5, 5.41) is 6.71. The third-order valence-corrected chi connectivity index (χ3v) is 4.27. The van der Waals surface area contributed by atoms with Gasteiger partial charge in [0.15, 0.2) is 0 Å².